The van der Waals surface area contributed by atoms with E-state index in [1.165, 1.54) is 5.56 Å². The van der Waals surface area contributed by atoms with Crippen LogP contribution in [0.4, 0.5) is 5.82 Å². The maximum atomic E-state index is 5.70. The Morgan fingerprint density at radius 1 is 1.14 bits per heavy atom. The van der Waals surface area contributed by atoms with Crippen LogP contribution in [0.1, 0.15) is 19.4 Å². The van der Waals surface area contributed by atoms with Crippen molar-refractivity contribution in [1.82, 2.24) is 4.98 Å². The van der Waals surface area contributed by atoms with E-state index in [1.807, 2.05) is 32.0 Å². The highest BCUT2D eigenvalue weighted by molar-refractivity contribution is 5.91. The molecule has 1 heterocycles. The highest BCUT2D eigenvalue weighted by Gasteiger charge is 1.96. The van der Waals surface area contributed by atoms with E-state index in [4.69, 9.17) is 5.73 Å². The number of fused-ring (bicyclic) bond motifs is 1. The maximum Gasteiger partial charge on any atom is 0.131 e. The summed E-state index contributed by atoms with van der Waals surface area (Å²) in [4.78, 5) is 4.01. The monoisotopic (exact) mass is 188 g/mol. The number of anilines is 1. The van der Waals surface area contributed by atoms with Crippen LogP contribution in [-0.2, 0) is 0 Å². The van der Waals surface area contributed by atoms with Crippen molar-refractivity contribution in [2.45, 2.75) is 20.8 Å². The van der Waals surface area contributed by atoms with Gasteiger partial charge in [-0.25, -0.2) is 4.98 Å². The van der Waals surface area contributed by atoms with Crippen molar-refractivity contribution in [3.8, 4) is 0 Å². The van der Waals surface area contributed by atoms with E-state index < -0.39 is 0 Å². The van der Waals surface area contributed by atoms with Gasteiger partial charge in [0.05, 0.1) is 0 Å². The molecule has 14 heavy (non-hydrogen) atoms. The van der Waals surface area contributed by atoms with Crippen LogP contribution >= 0.6 is 0 Å². The van der Waals surface area contributed by atoms with Crippen LogP contribution in [0.25, 0.3) is 10.8 Å². The molecule has 0 radical (unpaired) electrons. The van der Waals surface area contributed by atoms with Gasteiger partial charge in [0.15, 0.2) is 0 Å². The number of benzene rings is 1. The molecule has 0 aliphatic rings. The normalized spacial score (nSPS) is 9.36. The molecule has 1 aromatic carbocycles. The van der Waals surface area contributed by atoms with E-state index in [0.717, 1.165) is 10.8 Å². The van der Waals surface area contributed by atoms with Crippen molar-refractivity contribution in [3.63, 3.8) is 0 Å². The fourth-order valence-electron chi connectivity index (χ4n) is 1.32. The number of nitrogens with zero attached hydrogens (tertiary/aromatic N) is 1. The molecule has 2 heteroatoms. The second kappa shape index (κ2) is 4.61. The minimum atomic E-state index is 0.604. The summed E-state index contributed by atoms with van der Waals surface area (Å²) in [6.07, 6.45) is 1.73. The van der Waals surface area contributed by atoms with Crippen LogP contribution in [0.2, 0.25) is 0 Å². The third kappa shape index (κ3) is 2.02. The molecule has 0 atom stereocenters. The molecule has 2 N–H and O–H groups in total. The Hall–Kier alpha value is -1.57. The van der Waals surface area contributed by atoms with Gasteiger partial charge in [0, 0.05) is 11.6 Å². The molecule has 0 saturated heterocycles. The summed E-state index contributed by atoms with van der Waals surface area (Å²) >= 11 is 0. The smallest absolute Gasteiger partial charge is 0.131 e. The van der Waals surface area contributed by atoms with Gasteiger partial charge in [-0.15, -0.1) is 0 Å². The molecule has 0 spiro atoms. The van der Waals surface area contributed by atoms with Crippen LogP contribution in [-0.4, -0.2) is 4.98 Å². The van der Waals surface area contributed by atoms with Gasteiger partial charge in [0.2, 0.25) is 0 Å². The van der Waals surface area contributed by atoms with E-state index >= 15 is 0 Å². The van der Waals surface area contributed by atoms with Crippen LogP contribution in [0.15, 0.2) is 30.5 Å². The number of pyridine rings is 1. The minimum absolute atomic E-state index is 0.604. The lowest BCUT2D eigenvalue weighted by Crippen LogP contribution is -1.90. The van der Waals surface area contributed by atoms with Crippen LogP contribution in [0.3, 0.4) is 0 Å². The number of rotatable bonds is 0. The van der Waals surface area contributed by atoms with Crippen molar-refractivity contribution in [2.75, 3.05) is 5.73 Å². The highest BCUT2D eigenvalue weighted by atomic mass is 14.8. The van der Waals surface area contributed by atoms with Gasteiger partial charge in [-0.2, -0.15) is 0 Å². The first-order chi connectivity index (χ1) is 6.77. The summed E-state index contributed by atoms with van der Waals surface area (Å²) in [6.45, 7) is 6.07. The molecular formula is C12H16N2. The summed E-state index contributed by atoms with van der Waals surface area (Å²) in [7, 11) is 0. The lowest BCUT2D eigenvalue weighted by Gasteiger charge is -2.00. The molecule has 0 aliphatic heterocycles. The number of nitrogen functional groups attached to an aromatic ring is 1. The number of aromatic nitrogens is 1. The zero-order valence-corrected chi connectivity index (χ0v) is 8.91. The summed E-state index contributed by atoms with van der Waals surface area (Å²) in [5.74, 6) is 0.604. The first-order valence-corrected chi connectivity index (χ1v) is 4.88. The Labute approximate surface area is 84.8 Å². The van der Waals surface area contributed by atoms with Gasteiger partial charge >= 0.3 is 0 Å². The second-order valence-electron chi connectivity index (χ2n) is 2.92. The molecule has 0 bridgehead atoms. The van der Waals surface area contributed by atoms with Crippen molar-refractivity contribution >= 4 is 16.6 Å². The van der Waals surface area contributed by atoms with Crippen molar-refractivity contribution < 1.29 is 0 Å². The lowest BCUT2D eigenvalue weighted by molar-refractivity contribution is 1.36. The fraction of sp³-hybridized carbons (Fsp3) is 0.250. The molecule has 1 aromatic heterocycles. The summed E-state index contributed by atoms with van der Waals surface area (Å²) in [5.41, 5.74) is 6.94. The minimum Gasteiger partial charge on any atom is -0.383 e. The van der Waals surface area contributed by atoms with Gasteiger partial charge in [0.25, 0.3) is 0 Å². The van der Waals surface area contributed by atoms with Crippen LogP contribution < -0.4 is 5.73 Å². The first-order valence-electron chi connectivity index (χ1n) is 4.88. The predicted octanol–water partition coefficient (Wildman–Crippen LogP) is 3.15. The van der Waals surface area contributed by atoms with Crippen molar-refractivity contribution in [3.05, 3.63) is 36.0 Å². The van der Waals surface area contributed by atoms with E-state index in [0.29, 0.717) is 5.82 Å². The van der Waals surface area contributed by atoms with Crippen LogP contribution in [0.5, 0.6) is 0 Å². The lowest BCUT2D eigenvalue weighted by atomic mass is 10.1. The largest absolute Gasteiger partial charge is 0.383 e. The number of hydrogen-bond acceptors (Lipinski definition) is 2. The second-order valence-corrected chi connectivity index (χ2v) is 2.92. The molecule has 0 aliphatic carbocycles. The third-order valence-electron chi connectivity index (χ3n) is 1.95. The van der Waals surface area contributed by atoms with Gasteiger partial charge < -0.3 is 5.73 Å². The molecule has 0 fully saturated rings. The molecule has 0 amide bonds. The highest BCUT2D eigenvalue weighted by Crippen LogP contribution is 2.19. The summed E-state index contributed by atoms with van der Waals surface area (Å²) in [6, 6.07) is 8.12. The van der Waals surface area contributed by atoms with Crippen LogP contribution in [0, 0.1) is 6.92 Å². The SMILES string of the molecule is CC.Cc1ccc2c(N)nccc2c1. The van der Waals surface area contributed by atoms with E-state index in [9.17, 15) is 0 Å². The Kier molecular flexibility index (Phi) is 3.46. The fourth-order valence-corrected chi connectivity index (χ4v) is 1.32. The van der Waals surface area contributed by atoms with Gasteiger partial charge in [0.1, 0.15) is 5.82 Å². The van der Waals surface area contributed by atoms with E-state index in [1.54, 1.807) is 6.20 Å². The molecule has 2 nitrogen and oxygen atoms in total. The zero-order valence-electron chi connectivity index (χ0n) is 8.91. The Morgan fingerprint density at radius 2 is 1.86 bits per heavy atom. The summed E-state index contributed by atoms with van der Waals surface area (Å²) < 4.78 is 0. The van der Waals surface area contributed by atoms with E-state index in [-0.39, 0.29) is 0 Å². The predicted molar refractivity (Wildman–Crippen MR) is 62.2 cm³/mol. The average Bonchev–Trinajstić information content (AvgIpc) is 2.21. The summed E-state index contributed by atoms with van der Waals surface area (Å²) in [5, 5.41) is 2.19. The van der Waals surface area contributed by atoms with E-state index in [2.05, 4.69) is 18.0 Å². The standard InChI is InChI=1S/C10H10N2.C2H6/c1-7-2-3-9-8(6-7)4-5-12-10(9)11;1-2/h2-6H,1H3,(H2,11,12);1-2H3. The van der Waals surface area contributed by atoms with Crippen molar-refractivity contribution in [2.24, 2.45) is 0 Å². The topological polar surface area (TPSA) is 38.9 Å². The molecule has 2 aromatic rings. The molecule has 0 saturated carbocycles. The molecule has 2 rings (SSSR count). The number of nitrogens with two attached hydrogens (primary N) is 1. The number of aryl methyl sites for hydroxylation is 1. The average molecular weight is 188 g/mol. The number of hydrogen-bond donors (Lipinski definition) is 1. The van der Waals surface area contributed by atoms with Gasteiger partial charge in [-0.1, -0.05) is 37.6 Å². The van der Waals surface area contributed by atoms with Crippen molar-refractivity contribution in [1.29, 1.82) is 0 Å². The first kappa shape index (κ1) is 10.5. The molecule has 0 unspecified atom stereocenters. The van der Waals surface area contributed by atoms with Gasteiger partial charge in [-0.3, -0.25) is 0 Å². The quantitative estimate of drug-likeness (QED) is 0.689. The molecular weight excluding hydrogens is 172 g/mol. The molecule has 74 valence electrons. The Bertz CT molecular complexity index is 422. The Morgan fingerprint density at radius 3 is 2.57 bits per heavy atom. The Balaban J connectivity index is 0.000000461. The maximum absolute atomic E-state index is 5.70. The third-order valence-corrected chi connectivity index (χ3v) is 1.95. The van der Waals surface area contributed by atoms with Gasteiger partial charge in [-0.05, 0) is 18.4 Å². The zero-order chi connectivity index (χ0) is 10.6.